The van der Waals surface area contributed by atoms with Crippen LogP contribution in [0.5, 0.6) is 11.5 Å². The summed E-state index contributed by atoms with van der Waals surface area (Å²) in [6, 6.07) is 21.3. The Balaban J connectivity index is 1.61. The van der Waals surface area contributed by atoms with Crippen molar-refractivity contribution >= 4 is 18.1 Å². The maximum Gasteiger partial charge on any atom is 0.343 e. The van der Waals surface area contributed by atoms with Gasteiger partial charge in [-0.05, 0) is 54.1 Å². The van der Waals surface area contributed by atoms with Gasteiger partial charge in [-0.1, -0.05) is 30.3 Å². The maximum absolute atomic E-state index is 12.1. The monoisotopic (exact) mass is 360 g/mol. The summed E-state index contributed by atoms with van der Waals surface area (Å²) in [5.41, 5.74) is 3.87. The van der Waals surface area contributed by atoms with Crippen LogP contribution in [0.3, 0.4) is 0 Å². The third-order valence-corrected chi connectivity index (χ3v) is 3.59. The van der Waals surface area contributed by atoms with Gasteiger partial charge in [0.1, 0.15) is 11.5 Å². The predicted molar refractivity (Wildman–Crippen MR) is 101 cm³/mol. The molecule has 0 aromatic heterocycles. The predicted octanol–water partition coefficient (Wildman–Crippen LogP) is 3.38. The second-order valence-corrected chi connectivity index (χ2v) is 5.57. The van der Waals surface area contributed by atoms with Crippen molar-refractivity contribution in [3.05, 3.63) is 95.6 Å². The number of carbonyl (C=O) groups excluding carboxylic acids is 2. The fraction of sp³-hybridized carbons (Fsp3) is 0. The molecule has 0 saturated heterocycles. The van der Waals surface area contributed by atoms with Crippen LogP contribution >= 0.6 is 0 Å². The normalized spacial score (nSPS) is 10.5. The zero-order valence-electron chi connectivity index (χ0n) is 14.2. The number of phenols is 1. The molecule has 0 heterocycles. The van der Waals surface area contributed by atoms with Gasteiger partial charge in [-0.25, -0.2) is 10.2 Å². The average Bonchev–Trinajstić information content (AvgIpc) is 2.69. The number of ether oxygens (including phenoxy) is 1. The third kappa shape index (κ3) is 5.02. The van der Waals surface area contributed by atoms with E-state index in [0.29, 0.717) is 22.4 Å². The molecular weight excluding hydrogens is 344 g/mol. The molecule has 3 rings (SSSR count). The van der Waals surface area contributed by atoms with E-state index in [9.17, 15) is 14.7 Å². The smallest absolute Gasteiger partial charge is 0.343 e. The van der Waals surface area contributed by atoms with E-state index in [4.69, 9.17) is 4.74 Å². The van der Waals surface area contributed by atoms with E-state index in [1.807, 2.05) is 6.07 Å². The molecule has 3 aromatic carbocycles. The molecule has 0 bridgehead atoms. The van der Waals surface area contributed by atoms with Gasteiger partial charge in [0, 0.05) is 5.56 Å². The molecule has 1 amide bonds. The number of rotatable bonds is 5. The standard InChI is InChI=1S/C21H16N2O4/c24-18-11-9-16(10-12-18)20(25)23-22-14-15-5-4-8-19(13-15)27-21(26)17-6-2-1-3-7-17/h1-14,24H,(H,23,25). The van der Waals surface area contributed by atoms with Gasteiger partial charge in [-0.15, -0.1) is 0 Å². The molecule has 0 aliphatic carbocycles. The highest BCUT2D eigenvalue weighted by molar-refractivity contribution is 5.95. The molecule has 0 aliphatic rings. The highest BCUT2D eigenvalue weighted by Crippen LogP contribution is 2.14. The Bertz CT molecular complexity index is 967. The lowest BCUT2D eigenvalue weighted by Crippen LogP contribution is -2.17. The largest absolute Gasteiger partial charge is 0.508 e. The van der Waals surface area contributed by atoms with E-state index in [1.165, 1.54) is 30.5 Å². The van der Waals surface area contributed by atoms with Crippen molar-refractivity contribution in [2.24, 2.45) is 5.10 Å². The number of amides is 1. The Morgan fingerprint density at radius 3 is 2.37 bits per heavy atom. The van der Waals surface area contributed by atoms with Gasteiger partial charge in [-0.3, -0.25) is 4.79 Å². The molecule has 2 N–H and O–H groups in total. The van der Waals surface area contributed by atoms with Crippen LogP contribution in [0.4, 0.5) is 0 Å². The molecule has 0 atom stereocenters. The van der Waals surface area contributed by atoms with Crippen molar-refractivity contribution in [2.75, 3.05) is 0 Å². The highest BCUT2D eigenvalue weighted by Gasteiger charge is 2.08. The summed E-state index contributed by atoms with van der Waals surface area (Å²) in [6.45, 7) is 0. The third-order valence-electron chi connectivity index (χ3n) is 3.59. The van der Waals surface area contributed by atoms with Crippen LogP contribution in [0, 0.1) is 0 Å². The summed E-state index contributed by atoms with van der Waals surface area (Å²) in [4.78, 5) is 24.0. The minimum absolute atomic E-state index is 0.0805. The second-order valence-electron chi connectivity index (χ2n) is 5.57. The van der Waals surface area contributed by atoms with Crippen LogP contribution in [0.15, 0.2) is 84.0 Å². The van der Waals surface area contributed by atoms with Gasteiger partial charge < -0.3 is 9.84 Å². The molecule has 0 aliphatic heterocycles. The molecule has 0 radical (unpaired) electrons. The molecule has 6 heteroatoms. The molecule has 134 valence electrons. The molecule has 0 saturated carbocycles. The first-order valence-corrected chi connectivity index (χ1v) is 8.11. The first-order chi connectivity index (χ1) is 13.1. The first kappa shape index (κ1) is 17.9. The van der Waals surface area contributed by atoms with Gasteiger partial charge in [0.2, 0.25) is 0 Å². The van der Waals surface area contributed by atoms with Gasteiger partial charge in [0.25, 0.3) is 5.91 Å². The first-order valence-electron chi connectivity index (χ1n) is 8.11. The summed E-state index contributed by atoms with van der Waals surface area (Å²) in [6.07, 6.45) is 1.44. The summed E-state index contributed by atoms with van der Waals surface area (Å²) in [7, 11) is 0. The van der Waals surface area contributed by atoms with Gasteiger partial charge in [-0.2, -0.15) is 5.10 Å². The van der Waals surface area contributed by atoms with Crippen molar-refractivity contribution in [3.8, 4) is 11.5 Å². The van der Waals surface area contributed by atoms with Gasteiger partial charge in [0.15, 0.2) is 0 Å². The second kappa shape index (κ2) is 8.44. The number of carbonyl (C=O) groups is 2. The SMILES string of the molecule is O=C(NN=Cc1cccc(OC(=O)c2ccccc2)c1)c1ccc(O)cc1. The number of phenolic OH excluding ortho intramolecular Hbond substituents is 1. The van der Waals surface area contributed by atoms with E-state index in [0.717, 1.165) is 0 Å². The summed E-state index contributed by atoms with van der Waals surface area (Å²) >= 11 is 0. The molecular formula is C21H16N2O4. The Kier molecular flexibility index (Phi) is 5.59. The molecule has 0 unspecified atom stereocenters. The number of hydrazone groups is 1. The molecule has 0 fully saturated rings. The zero-order valence-corrected chi connectivity index (χ0v) is 14.2. The summed E-state index contributed by atoms with van der Waals surface area (Å²) in [5, 5.41) is 13.1. The van der Waals surface area contributed by atoms with Crippen LogP contribution in [0.1, 0.15) is 26.3 Å². The molecule has 6 nitrogen and oxygen atoms in total. The Morgan fingerprint density at radius 1 is 0.889 bits per heavy atom. The van der Waals surface area contributed by atoms with Crippen LogP contribution in [-0.2, 0) is 0 Å². The lowest BCUT2D eigenvalue weighted by molar-refractivity contribution is 0.0734. The van der Waals surface area contributed by atoms with Crippen molar-refractivity contribution < 1.29 is 19.4 Å². The fourth-order valence-electron chi connectivity index (χ4n) is 2.24. The zero-order chi connectivity index (χ0) is 19.1. The fourth-order valence-corrected chi connectivity index (χ4v) is 2.24. The van der Waals surface area contributed by atoms with Crippen LogP contribution in [0.25, 0.3) is 0 Å². The Morgan fingerprint density at radius 2 is 1.63 bits per heavy atom. The lowest BCUT2D eigenvalue weighted by Gasteiger charge is -2.05. The average molecular weight is 360 g/mol. The maximum atomic E-state index is 12.1. The minimum atomic E-state index is -0.453. The molecule has 27 heavy (non-hydrogen) atoms. The summed E-state index contributed by atoms with van der Waals surface area (Å²) in [5.74, 6) is -0.405. The van der Waals surface area contributed by atoms with Crippen molar-refractivity contribution in [1.29, 1.82) is 0 Å². The molecule has 3 aromatic rings. The van der Waals surface area contributed by atoms with E-state index in [1.54, 1.807) is 48.5 Å². The minimum Gasteiger partial charge on any atom is -0.508 e. The van der Waals surface area contributed by atoms with Crippen LogP contribution in [-0.4, -0.2) is 23.2 Å². The van der Waals surface area contributed by atoms with E-state index < -0.39 is 11.9 Å². The highest BCUT2D eigenvalue weighted by atomic mass is 16.5. The van der Waals surface area contributed by atoms with E-state index in [-0.39, 0.29) is 5.75 Å². The number of nitrogens with one attached hydrogen (secondary N) is 1. The van der Waals surface area contributed by atoms with E-state index in [2.05, 4.69) is 10.5 Å². The van der Waals surface area contributed by atoms with Crippen LogP contribution < -0.4 is 10.2 Å². The lowest BCUT2D eigenvalue weighted by atomic mass is 10.2. The Hall–Kier alpha value is -3.93. The van der Waals surface area contributed by atoms with Crippen molar-refractivity contribution in [2.45, 2.75) is 0 Å². The van der Waals surface area contributed by atoms with Crippen LogP contribution in [0.2, 0.25) is 0 Å². The van der Waals surface area contributed by atoms with Gasteiger partial charge >= 0.3 is 5.97 Å². The topological polar surface area (TPSA) is 88.0 Å². The summed E-state index contributed by atoms with van der Waals surface area (Å²) < 4.78 is 5.34. The Labute approximate surface area is 155 Å². The number of nitrogens with zero attached hydrogens (tertiary/aromatic N) is 1. The number of aromatic hydroxyl groups is 1. The quantitative estimate of drug-likeness (QED) is 0.316. The van der Waals surface area contributed by atoms with E-state index >= 15 is 0 Å². The molecule has 0 spiro atoms. The van der Waals surface area contributed by atoms with Crippen molar-refractivity contribution in [1.82, 2.24) is 5.43 Å². The number of hydrogen-bond donors (Lipinski definition) is 2. The van der Waals surface area contributed by atoms with Gasteiger partial charge in [0.05, 0.1) is 11.8 Å². The number of hydrogen-bond acceptors (Lipinski definition) is 5. The van der Waals surface area contributed by atoms with Crippen molar-refractivity contribution in [3.63, 3.8) is 0 Å². The number of esters is 1. The number of benzene rings is 3.